The highest BCUT2D eigenvalue weighted by molar-refractivity contribution is 5.94. The lowest BCUT2D eigenvalue weighted by atomic mass is 9.60. The zero-order chi connectivity index (χ0) is 15.7. The van der Waals surface area contributed by atoms with Crippen molar-refractivity contribution in [1.82, 2.24) is 9.88 Å². The van der Waals surface area contributed by atoms with Crippen molar-refractivity contribution in [2.45, 2.75) is 31.7 Å². The summed E-state index contributed by atoms with van der Waals surface area (Å²) in [5.74, 6) is 0.0413. The minimum absolute atomic E-state index is 0.0413. The van der Waals surface area contributed by atoms with Crippen molar-refractivity contribution in [2.24, 2.45) is 5.41 Å². The maximum Gasteiger partial charge on any atom is 0.251 e. The van der Waals surface area contributed by atoms with Crippen LogP contribution in [0, 0.1) is 5.41 Å². The second-order valence-corrected chi connectivity index (χ2v) is 6.68. The van der Waals surface area contributed by atoms with E-state index in [0.717, 1.165) is 43.7 Å². The van der Waals surface area contributed by atoms with Gasteiger partial charge in [-0.25, -0.2) is 0 Å². The van der Waals surface area contributed by atoms with Gasteiger partial charge < -0.3 is 14.6 Å². The summed E-state index contributed by atoms with van der Waals surface area (Å²) in [6.07, 6.45) is 8.45. The standard InChI is InChI=1S/C19H22N2O2/c22-18(20-17-7-8-19(17)9-13-23-14-10-19)15-3-5-16(6-4-15)21-11-1-2-12-21/h1-6,11-12,17H,7-10,13-14H2,(H,20,22). The summed E-state index contributed by atoms with van der Waals surface area (Å²) < 4.78 is 7.50. The van der Waals surface area contributed by atoms with Crippen LogP contribution < -0.4 is 5.32 Å². The first-order valence-corrected chi connectivity index (χ1v) is 8.39. The van der Waals surface area contributed by atoms with Gasteiger partial charge in [-0.3, -0.25) is 4.79 Å². The van der Waals surface area contributed by atoms with Gasteiger partial charge in [-0.15, -0.1) is 0 Å². The monoisotopic (exact) mass is 310 g/mol. The van der Waals surface area contributed by atoms with Gasteiger partial charge in [-0.05, 0) is 67.5 Å². The molecule has 1 atom stereocenters. The van der Waals surface area contributed by atoms with Crippen LogP contribution in [0.1, 0.15) is 36.0 Å². The number of hydrogen-bond acceptors (Lipinski definition) is 2. The molecule has 2 aliphatic rings. The SMILES string of the molecule is O=C(NC1CCC12CCOCC2)c1ccc(-n2cccc2)cc1. The Morgan fingerprint density at radius 1 is 1.09 bits per heavy atom. The fourth-order valence-electron chi connectivity index (χ4n) is 3.83. The summed E-state index contributed by atoms with van der Waals surface area (Å²) in [6, 6.07) is 12.1. The molecule has 1 amide bonds. The molecule has 1 saturated heterocycles. The van der Waals surface area contributed by atoms with Crippen LogP contribution in [0.3, 0.4) is 0 Å². The summed E-state index contributed by atoms with van der Waals surface area (Å²) in [5.41, 5.74) is 2.09. The summed E-state index contributed by atoms with van der Waals surface area (Å²) in [6.45, 7) is 1.66. The Hall–Kier alpha value is -2.07. The van der Waals surface area contributed by atoms with Gasteiger partial charge in [0.25, 0.3) is 5.91 Å². The molecule has 1 aliphatic heterocycles. The summed E-state index contributed by atoms with van der Waals surface area (Å²) in [4.78, 5) is 12.5. The molecular formula is C19H22N2O2. The quantitative estimate of drug-likeness (QED) is 0.946. The molecule has 1 aromatic carbocycles. The van der Waals surface area contributed by atoms with E-state index in [1.165, 1.54) is 6.42 Å². The van der Waals surface area contributed by atoms with E-state index in [-0.39, 0.29) is 5.91 Å². The van der Waals surface area contributed by atoms with E-state index < -0.39 is 0 Å². The van der Waals surface area contributed by atoms with E-state index >= 15 is 0 Å². The van der Waals surface area contributed by atoms with Crippen molar-refractivity contribution in [3.05, 3.63) is 54.4 Å². The molecule has 1 spiro atoms. The Kier molecular flexibility index (Phi) is 3.69. The highest BCUT2D eigenvalue weighted by Crippen LogP contribution is 2.48. The van der Waals surface area contributed by atoms with Crippen LogP contribution in [-0.4, -0.2) is 29.7 Å². The van der Waals surface area contributed by atoms with Crippen LogP contribution in [0.4, 0.5) is 0 Å². The topological polar surface area (TPSA) is 43.3 Å². The zero-order valence-corrected chi connectivity index (χ0v) is 13.2. The molecule has 4 heteroatoms. The van der Waals surface area contributed by atoms with Crippen molar-refractivity contribution >= 4 is 5.91 Å². The van der Waals surface area contributed by atoms with Crippen molar-refractivity contribution in [1.29, 1.82) is 0 Å². The number of hydrogen-bond donors (Lipinski definition) is 1. The first kappa shape index (κ1) is 14.5. The molecule has 2 fully saturated rings. The van der Waals surface area contributed by atoms with Gasteiger partial charge >= 0.3 is 0 Å². The summed E-state index contributed by atoms with van der Waals surface area (Å²) >= 11 is 0. The van der Waals surface area contributed by atoms with Gasteiger partial charge in [0.15, 0.2) is 0 Å². The Morgan fingerprint density at radius 2 is 1.78 bits per heavy atom. The largest absolute Gasteiger partial charge is 0.381 e. The molecule has 1 N–H and O–H groups in total. The van der Waals surface area contributed by atoms with E-state index in [1.54, 1.807) is 0 Å². The summed E-state index contributed by atoms with van der Waals surface area (Å²) in [5, 5.41) is 3.25. The van der Waals surface area contributed by atoms with Gasteiger partial charge in [-0.2, -0.15) is 0 Å². The first-order chi connectivity index (χ1) is 11.3. The third-order valence-electron chi connectivity index (χ3n) is 5.50. The van der Waals surface area contributed by atoms with Crippen molar-refractivity contribution in [3.63, 3.8) is 0 Å². The molecule has 1 aromatic heterocycles. The zero-order valence-electron chi connectivity index (χ0n) is 13.2. The van der Waals surface area contributed by atoms with Crippen molar-refractivity contribution in [2.75, 3.05) is 13.2 Å². The second kappa shape index (κ2) is 5.85. The highest BCUT2D eigenvalue weighted by atomic mass is 16.5. The molecule has 2 heterocycles. The molecule has 4 nitrogen and oxygen atoms in total. The lowest BCUT2D eigenvalue weighted by molar-refractivity contribution is -0.0523. The first-order valence-electron chi connectivity index (χ1n) is 8.39. The number of amides is 1. The van der Waals surface area contributed by atoms with Crippen LogP contribution in [-0.2, 0) is 4.74 Å². The van der Waals surface area contributed by atoms with Gasteiger partial charge in [0, 0.05) is 42.9 Å². The third kappa shape index (κ3) is 2.68. The number of nitrogens with one attached hydrogen (secondary N) is 1. The van der Waals surface area contributed by atoms with Crippen molar-refractivity contribution in [3.8, 4) is 5.69 Å². The molecule has 120 valence electrons. The molecule has 1 saturated carbocycles. The average molecular weight is 310 g/mol. The van der Waals surface area contributed by atoms with Crippen LogP contribution in [0.2, 0.25) is 0 Å². The number of rotatable bonds is 3. The second-order valence-electron chi connectivity index (χ2n) is 6.68. The maximum absolute atomic E-state index is 12.5. The fraction of sp³-hybridized carbons (Fsp3) is 0.421. The lowest BCUT2D eigenvalue weighted by Gasteiger charge is -2.52. The maximum atomic E-state index is 12.5. The van der Waals surface area contributed by atoms with E-state index in [1.807, 2.05) is 53.4 Å². The van der Waals surface area contributed by atoms with E-state index in [9.17, 15) is 4.79 Å². The third-order valence-corrected chi connectivity index (χ3v) is 5.50. The lowest BCUT2D eigenvalue weighted by Crippen LogP contribution is -2.57. The van der Waals surface area contributed by atoms with Crippen LogP contribution in [0.15, 0.2) is 48.8 Å². The minimum Gasteiger partial charge on any atom is -0.381 e. The summed E-state index contributed by atoms with van der Waals surface area (Å²) in [7, 11) is 0. The van der Waals surface area contributed by atoms with E-state index in [4.69, 9.17) is 4.74 Å². The number of aromatic nitrogens is 1. The van der Waals surface area contributed by atoms with Crippen LogP contribution >= 0.6 is 0 Å². The van der Waals surface area contributed by atoms with Gasteiger partial charge in [0.2, 0.25) is 0 Å². The number of carbonyl (C=O) groups excluding carboxylic acids is 1. The Morgan fingerprint density at radius 3 is 2.39 bits per heavy atom. The molecule has 0 bridgehead atoms. The number of nitrogens with zero attached hydrogens (tertiary/aromatic N) is 1. The van der Waals surface area contributed by atoms with Gasteiger partial charge in [-0.1, -0.05) is 0 Å². The average Bonchev–Trinajstić information content (AvgIpc) is 3.14. The smallest absolute Gasteiger partial charge is 0.251 e. The van der Waals surface area contributed by atoms with Gasteiger partial charge in [0.05, 0.1) is 0 Å². The predicted molar refractivity (Wildman–Crippen MR) is 88.7 cm³/mol. The number of benzene rings is 1. The molecule has 2 aromatic rings. The highest BCUT2D eigenvalue weighted by Gasteiger charge is 2.47. The molecule has 1 unspecified atom stereocenters. The Labute approximate surface area is 136 Å². The molecule has 4 rings (SSSR count). The van der Waals surface area contributed by atoms with E-state index in [0.29, 0.717) is 11.5 Å². The molecule has 1 aliphatic carbocycles. The van der Waals surface area contributed by atoms with Crippen molar-refractivity contribution < 1.29 is 9.53 Å². The predicted octanol–water partition coefficient (Wildman–Crippen LogP) is 3.17. The molecule has 23 heavy (non-hydrogen) atoms. The molecular weight excluding hydrogens is 288 g/mol. The van der Waals surface area contributed by atoms with Gasteiger partial charge in [0.1, 0.15) is 0 Å². The number of carbonyl (C=O) groups is 1. The number of ether oxygens (including phenoxy) is 1. The molecule has 0 radical (unpaired) electrons. The Balaban J connectivity index is 1.43. The Bertz CT molecular complexity index is 670. The normalized spacial score (nSPS) is 22.5. The van der Waals surface area contributed by atoms with E-state index in [2.05, 4.69) is 5.32 Å². The van der Waals surface area contributed by atoms with Crippen LogP contribution in [0.5, 0.6) is 0 Å². The fourth-order valence-corrected chi connectivity index (χ4v) is 3.83. The van der Waals surface area contributed by atoms with Crippen LogP contribution in [0.25, 0.3) is 5.69 Å². The minimum atomic E-state index is 0.0413.